The van der Waals surface area contributed by atoms with Crippen LogP contribution in [-0.4, -0.2) is 44.3 Å². The van der Waals surface area contributed by atoms with Crippen molar-refractivity contribution in [3.8, 4) is 0 Å². The Balaban J connectivity index is 1.80. The van der Waals surface area contributed by atoms with Gasteiger partial charge in [0.05, 0.1) is 10.6 Å². The number of amides is 2. The van der Waals surface area contributed by atoms with E-state index in [1.54, 1.807) is 43.3 Å². The van der Waals surface area contributed by atoms with E-state index in [1.807, 2.05) is 67.6 Å². The van der Waals surface area contributed by atoms with Crippen molar-refractivity contribution in [1.29, 1.82) is 0 Å². The van der Waals surface area contributed by atoms with Crippen molar-refractivity contribution in [2.75, 3.05) is 17.4 Å². The van der Waals surface area contributed by atoms with Crippen LogP contribution >= 0.6 is 11.6 Å². The van der Waals surface area contributed by atoms with Gasteiger partial charge in [0.25, 0.3) is 10.0 Å². The highest BCUT2D eigenvalue weighted by atomic mass is 35.5. The van der Waals surface area contributed by atoms with Gasteiger partial charge in [-0.1, -0.05) is 97.4 Å². The standard InChI is InChI=1S/C34H36ClN3O4S/c1-3-21-36-34(40)32(23-27-13-7-4-8-14-27)37(24-28-15-9-5-10-16-28)33(39)25-38(31-20-19-29(35)22-26(31)2)43(41,42)30-17-11-6-12-18-30/h4-20,22,32H,3,21,23-25H2,1-2H3,(H,36,40)/t32-/m0/s1. The summed E-state index contributed by atoms with van der Waals surface area (Å²) in [6.07, 6.45) is 0.996. The van der Waals surface area contributed by atoms with Gasteiger partial charge >= 0.3 is 0 Å². The lowest BCUT2D eigenvalue weighted by Gasteiger charge is -2.34. The van der Waals surface area contributed by atoms with E-state index in [9.17, 15) is 18.0 Å². The lowest BCUT2D eigenvalue weighted by molar-refractivity contribution is -0.140. The van der Waals surface area contributed by atoms with Gasteiger partial charge in [0.2, 0.25) is 11.8 Å². The average Bonchev–Trinajstić information content (AvgIpc) is 3.02. The summed E-state index contributed by atoms with van der Waals surface area (Å²) in [5.74, 6) is -0.805. The maximum atomic E-state index is 14.4. The normalized spacial score (nSPS) is 11.9. The Morgan fingerprint density at radius 1 is 0.837 bits per heavy atom. The predicted molar refractivity (Wildman–Crippen MR) is 171 cm³/mol. The van der Waals surface area contributed by atoms with Crippen molar-refractivity contribution in [3.05, 3.63) is 131 Å². The van der Waals surface area contributed by atoms with Gasteiger partial charge in [-0.05, 0) is 60.4 Å². The smallest absolute Gasteiger partial charge is 0.264 e. The molecule has 4 aromatic carbocycles. The highest BCUT2D eigenvalue weighted by Gasteiger charge is 2.35. The van der Waals surface area contributed by atoms with E-state index in [0.29, 0.717) is 22.8 Å². The zero-order chi connectivity index (χ0) is 30.8. The van der Waals surface area contributed by atoms with Crippen molar-refractivity contribution < 1.29 is 18.0 Å². The predicted octanol–water partition coefficient (Wildman–Crippen LogP) is 6.01. The molecule has 1 N–H and O–H groups in total. The van der Waals surface area contributed by atoms with Crippen LogP contribution < -0.4 is 9.62 Å². The zero-order valence-corrected chi connectivity index (χ0v) is 25.9. The second-order valence-corrected chi connectivity index (χ2v) is 12.6. The average molecular weight is 618 g/mol. The zero-order valence-electron chi connectivity index (χ0n) is 24.3. The number of carbonyl (C=O) groups excluding carboxylic acids is 2. The fourth-order valence-electron chi connectivity index (χ4n) is 4.83. The topological polar surface area (TPSA) is 86.8 Å². The second kappa shape index (κ2) is 14.8. The molecule has 1 atom stereocenters. The van der Waals surface area contributed by atoms with Gasteiger partial charge in [0.15, 0.2) is 0 Å². The molecule has 0 aliphatic rings. The Hall–Kier alpha value is -4.14. The maximum Gasteiger partial charge on any atom is 0.264 e. The molecule has 43 heavy (non-hydrogen) atoms. The van der Waals surface area contributed by atoms with Gasteiger partial charge in [0.1, 0.15) is 12.6 Å². The molecule has 0 aromatic heterocycles. The fourth-order valence-corrected chi connectivity index (χ4v) is 6.56. The highest BCUT2D eigenvalue weighted by molar-refractivity contribution is 7.92. The molecule has 0 unspecified atom stereocenters. The molecule has 0 fully saturated rings. The lowest BCUT2D eigenvalue weighted by atomic mass is 10.0. The summed E-state index contributed by atoms with van der Waals surface area (Å²) < 4.78 is 29.2. The van der Waals surface area contributed by atoms with Gasteiger partial charge in [-0.25, -0.2) is 8.42 Å². The number of halogens is 1. The summed E-state index contributed by atoms with van der Waals surface area (Å²) >= 11 is 6.21. The summed E-state index contributed by atoms with van der Waals surface area (Å²) in [7, 11) is -4.17. The highest BCUT2D eigenvalue weighted by Crippen LogP contribution is 2.29. The van der Waals surface area contributed by atoms with E-state index in [2.05, 4.69) is 5.32 Å². The largest absolute Gasteiger partial charge is 0.354 e. The third-order valence-corrected chi connectivity index (χ3v) is 9.06. The van der Waals surface area contributed by atoms with E-state index in [-0.39, 0.29) is 23.8 Å². The number of rotatable bonds is 13. The minimum atomic E-state index is -4.17. The van der Waals surface area contributed by atoms with Crippen LogP contribution in [0.15, 0.2) is 114 Å². The molecule has 4 rings (SSSR count). The lowest BCUT2D eigenvalue weighted by Crippen LogP contribution is -2.53. The minimum absolute atomic E-state index is 0.0493. The summed E-state index contributed by atoms with van der Waals surface area (Å²) in [4.78, 5) is 29.6. The molecule has 0 aliphatic heterocycles. The maximum absolute atomic E-state index is 14.4. The molecule has 0 spiro atoms. The van der Waals surface area contributed by atoms with Crippen molar-refractivity contribution >= 4 is 39.1 Å². The number of benzene rings is 4. The van der Waals surface area contributed by atoms with Gasteiger partial charge in [0, 0.05) is 24.5 Å². The van der Waals surface area contributed by atoms with Crippen LogP contribution in [0.4, 0.5) is 5.69 Å². The number of aryl methyl sites for hydroxylation is 1. The molecular formula is C34H36ClN3O4S. The minimum Gasteiger partial charge on any atom is -0.354 e. The van der Waals surface area contributed by atoms with E-state index in [4.69, 9.17) is 11.6 Å². The quantitative estimate of drug-likeness (QED) is 0.199. The van der Waals surface area contributed by atoms with Crippen LogP contribution in [0.25, 0.3) is 0 Å². The van der Waals surface area contributed by atoms with Gasteiger partial charge < -0.3 is 10.2 Å². The van der Waals surface area contributed by atoms with Crippen molar-refractivity contribution in [2.24, 2.45) is 0 Å². The Morgan fingerprint density at radius 3 is 2.00 bits per heavy atom. The summed E-state index contributed by atoms with van der Waals surface area (Å²) in [5.41, 5.74) is 2.62. The number of anilines is 1. The number of nitrogens with zero attached hydrogens (tertiary/aromatic N) is 2. The third kappa shape index (κ3) is 8.24. The van der Waals surface area contributed by atoms with E-state index < -0.39 is 28.5 Å². The first-order valence-corrected chi connectivity index (χ1v) is 16.0. The van der Waals surface area contributed by atoms with Crippen molar-refractivity contribution in [3.63, 3.8) is 0 Å². The molecule has 0 saturated heterocycles. The number of nitrogens with one attached hydrogen (secondary N) is 1. The van der Waals surface area contributed by atoms with Crippen LogP contribution in [0.2, 0.25) is 5.02 Å². The van der Waals surface area contributed by atoms with E-state index in [1.165, 1.54) is 17.0 Å². The third-order valence-electron chi connectivity index (χ3n) is 7.05. The van der Waals surface area contributed by atoms with Crippen molar-refractivity contribution in [1.82, 2.24) is 10.2 Å². The van der Waals surface area contributed by atoms with Crippen LogP contribution in [0, 0.1) is 6.92 Å². The first-order valence-electron chi connectivity index (χ1n) is 14.2. The van der Waals surface area contributed by atoms with Gasteiger partial charge in [-0.15, -0.1) is 0 Å². The number of hydrogen-bond donors (Lipinski definition) is 1. The molecule has 0 radical (unpaired) electrons. The molecule has 2 amide bonds. The number of sulfonamides is 1. The van der Waals surface area contributed by atoms with Crippen LogP contribution in [0.1, 0.15) is 30.0 Å². The first kappa shape index (κ1) is 31.8. The van der Waals surface area contributed by atoms with Crippen LogP contribution in [0.3, 0.4) is 0 Å². The second-order valence-electron chi connectivity index (χ2n) is 10.3. The Labute approximate surface area is 259 Å². The monoisotopic (exact) mass is 617 g/mol. The SMILES string of the molecule is CCCNC(=O)[C@H](Cc1ccccc1)N(Cc1ccccc1)C(=O)CN(c1ccc(Cl)cc1C)S(=O)(=O)c1ccccc1. The number of hydrogen-bond acceptors (Lipinski definition) is 4. The molecule has 0 bridgehead atoms. The molecule has 7 nitrogen and oxygen atoms in total. The van der Waals surface area contributed by atoms with E-state index >= 15 is 0 Å². The van der Waals surface area contributed by atoms with Crippen LogP contribution in [0.5, 0.6) is 0 Å². The summed E-state index contributed by atoms with van der Waals surface area (Å²) in [6, 6.07) is 30.8. The summed E-state index contributed by atoms with van der Waals surface area (Å²) in [6.45, 7) is 3.77. The summed E-state index contributed by atoms with van der Waals surface area (Å²) in [5, 5.41) is 3.40. The Morgan fingerprint density at radius 2 is 1.42 bits per heavy atom. The van der Waals surface area contributed by atoms with Gasteiger partial charge in [-0.2, -0.15) is 0 Å². The van der Waals surface area contributed by atoms with Crippen molar-refractivity contribution in [2.45, 2.75) is 44.2 Å². The first-order chi connectivity index (χ1) is 20.7. The molecule has 0 heterocycles. The Bertz CT molecular complexity index is 1620. The molecule has 0 saturated carbocycles. The molecular weight excluding hydrogens is 582 g/mol. The van der Waals surface area contributed by atoms with Gasteiger partial charge in [-0.3, -0.25) is 13.9 Å². The fraction of sp³-hybridized carbons (Fsp3) is 0.235. The molecule has 0 aliphatic carbocycles. The van der Waals surface area contributed by atoms with E-state index in [0.717, 1.165) is 21.9 Å². The molecule has 9 heteroatoms. The van der Waals surface area contributed by atoms with Crippen LogP contribution in [-0.2, 0) is 32.6 Å². The Kier molecular flexibility index (Phi) is 11.0. The number of carbonyl (C=O) groups is 2. The molecule has 224 valence electrons. The molecule has 4 aromatic rings.